The van der Waals surface area contributed by atoms with Gasteiger partial charge in [0.05, 0.1) is 18.4 Å². The third kappa shape index (κ3) is 5.31. The SMILES string of the molecule is Cc1cccc(C)c1NC(=O)CN(C)C(=O)CCc1cnn(-c2ccccc2)c1. The second-order valence-corrected chi connectivity index (χ2v) is 7.19. The summed E-state index contributed by atoms with van der Waals surface area (Å²) in [6, 6.07) is 15.7. The Kier molecular flexibility index (Phi) is 6.44. The van der Waals surface area contributed by atoms with Crippen LogP contribution >= 0.6 is 0 Å². The minimum atomic E-state index is -0.199. The van der Waals surface area contributed by atoms with Gasteiger partial charge in [0.25, 0.3) is 0 Å². The van der Waals surface area contributed by atoms with E-state index in [2.05, 4.69) is 10.4 Å². The van der Waals surface area contributed by atoms with E-state index in [0.717, 1.165) is 28.1 Å². The van der Waals surface area contributed by atoms with Gasteiger partial charge in [0, 0.05) is 25.4 Å². The van der Waals surface area contributed by atoms with Gasteiger partial charge in [-0.25, -0.2) is 4.68 Å². The zero-order valence-corrected chi connectivity index (χ0v) is 17.1. The fourth-order valence-electron chi connectivity index (χ4n) is 3.15. The normalized spacial score (nSPS) is 10.6. The Bertz CT molecular complexity index is 975. The largest absolute Gasteiger partial charge is 0.336 e. The number of likely N-dealkylation sites (N-methyl/N-ethyl adjacent to an activating group) is 1. The van der Waals surface area contributed by atoms with Gasteiger partial charge in [-0.3, -0.25) is 9.59 Å². The predicted octanol–water partition coefficient (Wildman–Crippen LogP) is 3.52. The van der Waals surface area contributed by atoms with Crippen molar-refractivity contribution >= 4 is 17.5 Å². The maximum atomic E-state index is 12.4. The molecule has 1 N–H and O–H groups in total. The summed E-state index contributed by atoms with van der Waals surface area (Å²) in [5, 5.41) is 7.26. The van der Waals surface area contributed by atoms with Crippen LogP contribution in [0.1, 0.15) is 23.1 Å². The first kappa shape index (κ1) is 20.3. The van der Waals surface area contributed by atoms with E-state index < -0.39 is 0 Å². The molecular weight excluding hydrogens is 364 g/mol. The van der Waals surface area contributed by atoms with Crippen LogP contribution in [0.3, 0.4) is 0 Å². The fourth-order valence-corrected chi connectivity index (χ4v) is 3.15. The van der Waals surface area contributed by atoms with Crippen molar-refractivity contribution in [3.05, 3.63) is 77.6 Å². The molecule has 0 saturated carbocycles. The molecule has 2 aromatic carbocycles. The number of nitrogens with one attached hydrogen (secondary N) is 1. The van der Waals surface area contributed by atoms with Crippen molar-refractivity contribution < 1.29 is 9.59 Å². The van der Waals surface area contributed by atoms with Crippen LogP contribution in [0, 0.1) is 13.8 Å². The molecule has 0 fully saturated rings. The van der Waals surface area contributed by atoms with Gasteiger partial charge in [0.1, 0.15) is 0 Å². The highest BCUT2D eigenvalue weighted by Crippen LogP contribution is 2.19. The number of anilines is 1. The molecule has 0 spiro atoms. The molecule has 150 valence electrons. The molecule has 0 aliphatic carbocycles. The summed E-state index contributed by atoms with van der Waals surface area (Å²) in [7, 11) is 1.65. The quantitative estimate of drug-likeness (QED) is 0.671. The molecule has 0 unspecified atom stereocenters. The number of aromatic nitrogens is 2. The van der Waals surface area contributed by atoms with Crippen LogP contribution in [0.25, 0.3) is 5.69 Å². The lowest BCUT2D eigenvalue weighted by Crippen LogP contribution is -2.35. The van der Waals surface area contributed by atoms with E-state index in [1.807, 2.05) is 68.6 Å². The van der Waals surface area contributed by atoms with Crippen LogP contribution in [0.2, 0.25) is 0 Å². The lowest BCUT2D eigenvalue weighted by molar-refractivity contribution is -0.133. The maximum absolute atomic E-state index is 12.4. The van der Waals surface area contributed by atoms with Gasteiger partial charge in [-0.1, -0.05) is 36.4 Å². The minimum Gasteiger partial charge on any atom is -0.336 e. The monoisotopic (exact) mass is 390 g/mol. The Morgan fingerprint density at radius 2 is 1.72 bits per heavy atom. The summed E-state index contributed by atoms with van der Waals surface area (Å²) in [4.78, 5) is 26.2. The van der Waals surface area contributed by atoms with Crippen LogP contribution in [-0.4, -0.2) is 40.1 Å². The van der Waals surface area contributed by atoms with E-state index in [0.29, 0.717) is 12.8 Å². The van der Waals surface area contributed by atoms with Crippen molar-refractivity contribution in [1.29, 1.82) is 0 Å². The van der Waals surface area contributed by atoms with Gasteiger partial charge in [-0.15, -0.1) is 0 Å². The van der Waals surface area contributed by atoms with Crippen molar-refractivity contribution in [2.45, 2.75) is 26.7 Å². The standard InChI is InChI=1S/C23H26N4O2/c1-17-8-7-9-18(2)23(17)25-21(28)16-26(3)22(29)13-12-19-14-24-27(15-19)20-10-5-4-6-11-20/h4-11,14-15H,12-13,16H2,1-3H3,(H,25,28). The van der Waals surface area contributed by atoms with E-state index >= 15 is 0 Å². The fraction of sp³-hybridized carbons (Fsp3) is 0.261. The number of hydrogen-bond donors (Lipinski definition) is 1. The van der Waals surface area contributed by atoms with Crippen molar-refractivity contribution in [1.82, 2.24) is 14.7 Å². The number of amides is 2. The molecule has 0 aliphatic heterocycles. The van der Waals surface area contributed by atoms with Gasteiger partial charge in [0.15, 0.2) is 0 Å². The molecule has 2 amide bonds. The Morgan fingerprint density at radius 3 is 2.41 bits per heavy atom. The van der Waals surface area contributed by atoms with Gasteiger partial charge < -0.3 is 10.2 Å². The third-order valence-corrected chi connectivity index (χ3v) is 4.84. The van der Waals surface area contributed by atoms with Gasteiger partial charge in [0.2, 0.25) is 11.8 Å². The molecule has 3 aromatic rings. The Hall–Kier alpha value is -3.41. The van der Waals surface area contributed by atoms with Gasteiger partial charge in [-0.05, 0) is 49.1 Å². The summed E-state index contributed by atoms with van der Waals surface area (Å²) in [5.74, 6) is -0.274. The van der Waals surface area contributed by atoms with E-state index in [4.69, 9.17) is 0 Å². The molecule has 0 radical (unpaired) electrons. The number of carbonyl (C=O) groups is 2. The topological polar surface area (TPSA) is 67.2 Å². The van der Waals surface area contributed by atoms with Crippen LogP contribution in [0.4, 0.5) is 5.69 Å². The molecule has 0 bridgehead atoms. The number of benzene rings is 2. The van der Waals surface area contributed by atoms with E-state index in [1.54, 1.807) is 17.9 Å². The molecule has 1 aromatic heterocycles. The van der Waals surface area contributed by atoms with E-state index in [1.165, 1.54) is 4.90 Å². The van der Waals surface area contributed by atoms with Crippen LogP contribution in [0.15, 0.2) is 60.9 Å². The second kappa shape index (κ2) is 9.19. The predicted molar refractivity (Wildman–Crippen MR) is 114 cm³/mol. The second-order valence-electron chi connectivity index (χ2n) is 7.19. The zero-order valence-electron chi connectivity index (χ0n) is 17.1. The van der Waals surface area contributed by atoms with Gasteiger partial charge >= 0.3 is 0 Å². The minimum absolute atomic E-state index is 0.0237. The number of nitrogens with zero attached hydrogens (tertiary/aromatic N) is 3. The number of carbonyl (C=O) groups excluding carboxylic acids is 2. The molecule has 29 heavy (non-hydrogen) atoms. The number of rotatable bonds is 7. The molecule has 6 nitrogen and oxygen atoms in total. The summed E-state index contributed by atoms with van der Waals surface area (Å²) in [6.07, 6.45) is 4.60. The highest BCUT2D eigenvalue weighted by molar-refractivity contribution is 5.95. The van der Waals surface area contributed by atoms with Crippen LogP contribution in [0.5, 0.6) is 0 Å². The number of para-hydroxylation sites is 2. The summed E-state index contributed by atoms with van der Waals surface area (Å²) in [6.45, 7) is 3.93. The summed E-state index contributed by atoms with van der Waals surface area (Å²) in [5.41, 5.74) is 4.78. The number of aryl methyl sites for hydroxylation is 3. The van der Waals surface area contributed by atoms with Crippen LogP contribution < -0.4 is 5.32 Å². The molecule has 1 heterocycles. The molecule has 3 rings (SSSR count). The average Bonchev–Trinajstić information content (AvgIpc) is 3.19. The first-order chi connectivity index (χ1) is 13.9. The molecule has 6 heteroatoms. The highest BCUT2D eigenvalue weighted by atomic mass is 16.2. The Balaban J connectivity index is 1.50. The lowest BCUT2D eigenvalue weighted by Gasteiger charge is -2.18. The molecule has 0 atom stereocenters. The van der Waals surface area contributed by atoms with E-state index in [-0.39, 0.29) is 18.4 Å². The van der Waals surface area contributed by atoms with Crippen molar-refractivity contribution in [3.63, 3.8) is 0 Å². The lowest BCUT2D eigenvalue weighted by atomic mass is 10.1. The Morgan fingerprint density at radius 1 is 1.03 bits per heavy atom. The third-order valence-electron chi connectivity index (χ3n) is 4.84. The summed E-state index contributed by atoms with van der Waals surface area (Å²) >= 11 is 0. The van der Waals surface area contributed by atoms with Gasteiger partial charge in [-0.2, -0.15) is 5.10 Å². The molecule has 0 aliphatic rings. The summed E-state index contributed by atoms with van der Waals surface area (Å²) < 4.78 is 1.79. The average molecular weight is 390 g/mol. The first-order valence-electron chi connectivity index (χ1n) is 9.63. The van der Waals surface area contributed by atoms with E-state index in [9.17, 15) is 9.59 Å². The highest BCUT2D eigenvalue weighted by Gasteiger charge is 2.15. The molecule has 0 saturated heterocycles. The van der Waals surface area contributed by atoms with Crippen molar-refractivity contribution in [3.8, 4) is 5.69 Å². The van der Waals surface area contributed by atoms with Crippen molar-refractivity contribution in [2.75, 3.05) is 18.9 Å². The molecular formula is C23H26N4O2. The Labute approximate surface area is 171 Å². The van der Waals surface area contributed by atoms with Crippen LogP contribution in [-0.2, 0) is 16.0 Å². The zero-order chi connectivity index (χ0) is 20.8. The maximum Gasteiger partial charge on any atom is 0.243 e. The van der Waals surface area contributed by atoms with Crippen molar-refractivity contribution in [2.24, 2.45) is 0 Å². The smallest absolute Gasteiger partial charge is 0.243 e. The first-order valence-corrected chi connectivity index (χ1v) is 9.63. The number of hydrogen-bond acceptors (Lipinski definition) is 3.